The van der Waals surface area contributed by atoms with Crippen LogP contribution in [0, 0.1) is 0 Å². The largest absolute Gasteiger partial charge is 0.388 e. The molecule has 0 unspecified atom stereocenters. The predicted octanol–water partition coefficient (Wildman–Crippen LogP) is 1.91. The molecule has 0 aromatic carbocycles. The molecule has 8 heavy (non-hydrogen) atoms. The molecule has 0 amide bonds. The van der Waals surface area contributed by atoms with Gasteiger partial charge in [0.05, 0.1) is 0 Å². The third-order valence-corrected chi connectivity index (χ3v) is 0.802. The monoisotopic (exact) mass is 113 g/mol. The first-order valence-electron chi connectivity index (χ1n) is 3.22. The molecule has 1 N–H and O–H groups in total. The lowest BCUT2D eigenvalue weighted by atomic mass is 10.2. The summed E-state index contributed by atoms with van der Waals surface area (Å²) in [5.74, 6) is 0. The molecule has 48 valence electrons. The lowest BCUT2D eigenvalue weighted by Crippen LogP contribution is -2.26. The quantitative estimate of drug-likeness (QED) is 0.506. The molecule has 0 aromatic rings. The van der Waals surface area contributed by atoms with Gasteiger partial charge in [-0.2, -0.15) is 0 Å². The van der Waals surface area contributed by atoms with Gasteiger partial charge in [0.25, 0.3) is 0 Å². The summed E-state index contributed by atoms with van der Waals surface area (Å²) in [6.07, 6.45) is 2.43. The Hall–Kier alpha value is -0.460. The minimum absolute atomic E-state index is 1.14. The molecule has 1 aliphatic rings. The topological polar surface area (TPSA) is 12.0 Å². The molecular formula is C7H15N. The Kier molecular flexibility index (Phi) is 4.42. The van der Waals surface area contributed by atoms with Crippen molar-refractivity contribution in [2.75, 3.05) is 6.54 Å². The average Bonchev–Trinajstić information content (AvgIpc) is 1.64. The van der Waals surface area contributed by atoms with E-state index in [9.17, 15) is 0 Å². The Labute approximate surface area is 51.8 Å². The van der Waals surface area contributed by atoms with Crippen LogP contribution in [0.25, 0.3) is 0 Å². The standard InChI is InChI=1S/C4H7N.C3H8/c1-4-2-3-5-4;1-3-2/h5H,1-3H2;3H2,1-2H3. The van der Waals surface area contributed by atoms with E-state index in [0.29, 0.717) is 0 Å². The average molecular weight is 113 g/mol. The zero-order valence-electron chi connectivity index (χ0n) is 5.83. The summed E-state index contributed by atoms with van der Waals surface area (Å²) >= 11 is 0. The summed E-state index contributed by atoms with van der Waals surface area (Å²) in [6, 6.07) is 0. The Bertz CT molecular complexity index is 60.8. The maximum absolute atomic E-state index is 3.65. The Morgan fingerprint density at radius 1 is 1.62 bits per heavy atom. The van der Waals surface area contributed by atoms with E-state index in [0.717, 1.165) is 6.54 Å². The van der Waals surface area contributed by atoms with Crippen molar-refractivity contribution in [1.82, 2.24) is 5.32 Å². The van der Waals surface area contributed by atoms with Gasteiger partial charge in [0.2, 0.25) is 0 Å². The SMILES string of the molecule is C=C1CCN1.CCC. The van der Waals surface area contributed by atoms with Crippen molar-refractivity contribution in [3.8, 4) is 0 Å². The van der Waals surface area contributed by atoms with Crippen LogP contribution in [0.15, 0.2) is 12.3 Å². The van der Waals surface area contributed by atoms with E-state index >= 15 is 0 Å². The van der Waals surface area contributed by atoms with Crippen molar-refractivity contribution < 1.29 is 0 Å². The molecule has 0 radical (unpaired) electrons. The third-order valence-electron chi connectivity index (χ3n) is 0.802. The summed E-state index contributed by atoms with van der Waals surface area (Å²) < 4.78 is 0. The summed E-state index contributed by atoms with van der Waals surface area (Å²) in [4.78, 5) is 0. The number of rotatable bonds is 0. The summed E-state index contributed by atoms with van der Waals surface area (Å²) in [6.45, 7) is 9.04. The fraction of sp³-hybridized carbons (Fsp3) is 0.714. The second kappa shape index (κ2) is 4.69. The van der Waals surface area contributed by atoms with Gasteiger partial charge in [-0.25, -0.2) is 0 Å². The van der Waals surface area contributed by atoms with Gasteiger partial charge in [-0.1, -0.05) is 26.8 Å². The molecular weight excluding hydrogens is 98.1 g/mol. The van der Waals surface area contributed by atoms with Gasteiger partial charge in [0.1, 0.15) is 0 Å². The molecule has 1 nitrogen and oxygen atoms in total. The minimum atomic E-state index is 1.14. The molecule has 1 saturated heterocycles. The second-order valence-corrected chi connectivity index (χ2v) is 1.99. The Balaban J connectivity index is 0.000000145. The van der Waals surface area contributed by atoms with Crippen LogP contribution >= 0.6 is 0 Å². The number of nitrogens with one attached hydrogen (secondary N) is 1. The van der Waals surface area contributed by atoms with Crippen LogP contribution < -0.4 is 5.32 Å². The van der Waals surface area contributed by atoms with Gasteiger partial charge in [-0.05, 0) is 0 Å². The molecule has 0 saturated carbocycles. The number of hydrogen-bond donors (Lipinski definition) is 1. The van der Waals surface area contributed by atoms with Crippen LogP contribution in [-0.4, -0.2) is 6.54 Å². The molecule has 0 aromatic heterocycles. The van der Waals surface area contributed by atoms with Crippen molar-refractivity contribution in [2.45, 2.75) is 26.7 Å². The van der Waals surface area contributed by atoms with E-state index in [4.69, 9.17) is 0 Å². The Morgan fingerprint density at radius 2 is 1.88 bits per heavy atom. The van der Waals surface area contributed by atoms with E-state index < -0.39 is 0 Å². The zero-order valence-corrected chi connectivity index (χ0v) is 5.83. The van der Waals surface area contributed by atoms with Gasteiger partial charge in [0, 0.05) is 18.7 Å². The normalized spacial score (nSPS) is 15.0. The van der Waals surface area contributed by atoms with Crippen LogP contribution in [0.2, 0.25) is 0 Å². The van der Waals surface area contributed by atoms with Crippen LogP contribution in [0.5, 0.6) is 0 Å². The molecule has 0 bridgehead atoms. The molecule has 0 atom stereocenters. The van der Waals surface area contributed by atoms with Gasteiger partial charge >= 0.3 is 0 Å². The van der Waals surface area contributed by atoms with Crippen molar-refractivity contribution in [3.63, 3.8) is 0 Å². The van der Waals surface area contributed by atoms with E-state index in [1.165, 1.54) is 18.5 Å². The third kappa shape index (κ3) is 3.72. The van der Waals surface area contributed by atoms with Crippen LogP contribution in [0.3, 0.4) is 0 Å². The van der Waals surface area contributed by atoms with E-state index in [1.807, 2.05) is 0 Å². The molecule has 1 rings (SSSR count). The van der Waals surface area contributed by atoms with Crippen LogP contribution in [0.1, 0.15) is 26.7 Å². The first kappa shape index (κ1) is 7.54. The van der Waals surface area contributed by atoms with Crippen molar-refractivity contribution in [2.24, 2.45) is 0 Å². The molecule has 0 spiro atoms. The molecule has 1 heterocycles. The smallest absolute Gasteiger partial charge is 0.0198 e. The van der Waals surface area contributed by atoms with Gasteiger partial charge < -0.3 is 5.32 Å². The summed E-state index contributed by atoms with van der Waals surface area (Å²) in [7, 11) is 0. The fourth-order valence-electron chi connectivity index (χ4n) is 0.302. The van der Waals surface area contributed by atoms with Crippen LogP contribution in [0.4, 0.5) is 0 Å². The molecule has 1 aliphatic heterocycles. The minimum Gasteiger partial charge on any atom is -0.388 e. The van der Waals surface area contributed by atoms with Crippen molar-refractivity contribution in [3.05, 3.63) is 12.3 Å². The lowest BCUT2D eigenvalue weighted by molar-refractivity contribution is 0.638. The molecule has 1 heteroatoms. The highest BCUT2D eigenvalue weighted by atomic mass is 14.9. The van der Waals surface area contributed by atoms with Gasteiger partial charge in [-0.3, -0.25) is 0 Å². The molecule has 0 aliphatic carbocycles. The maximum atomic E-state index is 3.65. The highest BCUT2D eigenvalue weighted by molar-refractivity contribution is 4.99. The predicted molar refractivity (Wildman–Crippen MR) is 37.7 cm³/mol. The van der Waals surface area contributed by atoms with Crippen molar-refractivity contribution in [1.29, 1.82) is 0 Å². The van der Waals surface area contributed by atoms with Gasteiger partial charge in [-0.15, -0.1) is 0 Å². The zero-order chi connectivity index (χ0) is 6.41. The Morgan fingerprint density at radius 3 is 1.88 bits per heavy atom. The van der Waals surface area contributed by atoms with E-state index in [-0.39, 0.29) is 0 Å². The summed E-state index contributed by atoms with van der Waals surface area (Å²) in [5, 5.41) is 3.01. The molecule has 1 fully saturated rings. The highest BCUT2D eigenvalue weighted by Crippen LogP contribution is 1.99. The summed E-state index contributed by atoms with van der Waals surface area (Å²) in [5.41, 5.74) is 1.19. The van der Waals surface area contributed by atoms with Crippen molar-refractivity contribution >= 4 is 0 Å². The maximum Gasteiger partial charge on any atom is 0.0198 e. The fourth-order valence-corrected chi connectivity index (χ4v) is 0.302. The lowest BCUT2D eigenvalue weighted by Gasteiger charge is -2.16. The number of hydrogen-bond acceptors (Lipinski definition) is 1. The van der Waals surface area contributed by atoms with Crippen LogP contribution in [-0.2, 0) is 0 Å². The van der Waals surface area contributed by atoms with E-state index in [1.54, 1.807) is 0 Å². The second-order valence-electron chi connectivity index (χ2n) is 1.99. The highest BCUT2D eigenvalue weighted by Gasteiger charge is 1.99. The first-order valence-corrected chi connectivity index (χ1v) is 3.22. The van der Waals surface area contributed by atoms with E-state index in [2.05, 4.69) is 25.7 Å². The van der Waals surface area contributed by atoms with Gasteiger partial charge in [0.15, 0.2) is 0 Å². The first-order chi connectivity index (χ1) is 3.81.